The van der Waals surface area contributed by atoms with Gasteiger partial charge in [0.2, 0.25) is 0 Å². The van der Waals surface area contributed by atoms with Gasteiger partial charge in [-0.25, -0.2) is 4.79 Å². The molecule has 0 amide bonds. The van der Waals surface area contributed by atoms with Crippen molar-refractivity contribution in [1.29, 1.82) is 0 Å². The first-order valence-corrected chi connectivity index (χ1v) is 6.95. The highest BCUT2D eigenvalue weighted by Gasteiger charge is 2.37. The van der Waals surface area contributed by atoms with Crippen molar-refractivity contribution >= 4 is 17.2 Å². The standard InChI is InChI=1S/C17H23NO2/c1-11-7-8-14-12(2)10-17(4,5)18(15(14)9-11)13(3)16(19)20-6/h7-10,13H,1-6H3/t13-/m1/s1. The summed E-state index contributed by atoms with van der Waals surface area (Å²) in [4.78, 5) is 14.1. The van der Waals surface area contributed by atoms with E-state index in [-0.39, 0.29) is 17.6 Å². The van der Waals surface area contributed by atoms with Crippen LogP contribution in [0.4, 0.5) is 5.69 Å². The zero-order chi connectivity index (χ0) is 15.1. The number of hydrogen-bond donors (Lipinski definition) is 0. The van der Waals surface area contributed by atoms with Gasteiger partial charge in [0.25, 0.3) is 0 Å². The number of aryl methyl sites for hydroxylation is 1. The Labute approximate surface area is 121 Å². The second-order valence-corrected chi connectivity index (χ2v) is 6.07. The maximum absolute atomic E-state index is 12.0. The number of esters is 1. The molecule has 0 radical (unpaired) electrons. The first-order chi connectivity index (χ1) is 9.27. The molecular weight excluding hydrogens is 250 g/mol. The lowest BCUT2D eigenvalue weighted by molar-refractivity contribution is -0.142. The van der Waals surface area contributed by atoms with Gasteiger partial charge in [-0.3, -0.25) is 0 Å². The molecule has 0 spiro atoms. The fraction of sp³-hybridized carbons (Fsp3) is 0.471. The third-order valence-corrected chi connectivity index (χ3v) is 3.96. The molecule has 1 heterocycles. The van der Waals surface area contributed by atoms with Crippen LogP contribution in [0.5, 0.6) is 0 Å². The van der Waals surface area contributed by atoms with E-state index in [9.17, 15) is 4.79 Å². The summed E-state index contributed by atoms with van der Waals surface area (Å²) in [6.45, 7) is 10.3. The van der Waals surface area contributed by atoms with E-state index in [4.69, 9.17) is 4.74 Å². The highest BCUT2D eigenvalue weighted by atomic mass is 16.5. The van der Waals surface area contributed by atoms with Crippen LogP contribution in [0.2, 0.25) is 0 Å². The highest BCUT2D eigenvalue weighted by Crippen LogP contribution is 2.40. The van der Waals surface area contributed by atoms with Crippen LogP contribution < -0.4 is 4.90 Å². The molecule has 20 heavy (non-hydrogen) atoms. The lowest BCUT2D eigenvalue weighted by Crippen LogP contribution is -2.53. The molecule has 0 bridgehead atoms. The first-order valence-electron chi connectivity index (χ1n) is 6.95. The summed E-state index contributed by atoms with van der Waals surface area (Å²) < 4.78 is 4.93. The predicted molar refractivity (Wildman–Crippen MR) is 82.9 cm³/mol. The molecule has 3 heteroatoms. The molecule has 0 unspecified atom stereocenters. The summed E-state index contributed by atoms with van der Waals surface area (Å²) in [6.07, 6.45) is 2.21. The number of rotatable bonds is 2. The van der Waals surface area contributed by atoms with Gasteiger partial charge in [-0.05, 0) is 51.8 Å². The molecule has 0 aromatic heterocycles. The summed E-state index contributed by atoms with van der Waals surface area (Å²) in [7, 11) is 1.44. The summed E-state index contributed by atoms with van der Waals surface area (Å²) in [5, 5.41) is 0. The third-order valence-electron chi connectivity index (χ3n) is 3.96. The van der Waals surface area contributed by atoms with Crippen LogP contribution in [0.1, 0.15) is 38.8 Å². The molecule has 0 N–H and O–H groups in total. The Morgan fingerprint density at radius 2 is 1.95 bits per heavy atom. The molecule has 1 aromatic rings. The fourth-order valence-corrected chi connectivity index (χ4v) is 3.15. The van der Waals surface area contributed by atoms with E-state index >= 15 is 0 Å². The van der Waals surface area contributed by atoms with E-state index in [2.05, 4.69) is 56.9 Å². The Bertz CT molecular complexity index is 572. The molecule has 1 atom stereocenters. The third kappa shape index (κ3) is 2.33. The summed E-state index contributed by atoms with van der Waals surface area (Å²) in [5.74, 6) is -0.210. The maximum Gasteiger partial charge on any atom is 0.328 e. The first kappa shape index (κ1) is 14.6. The van der Waals surface area contributed by atoms with Crippen LogP contribution >= 0.6 is 0 Å². The van der Waals surface area contributed by atoms with Gasteiger partial charge in [0.15, 0.2) is 0 Å². The number of ether oxygens (including phenoxy) is 1. The van der Waals surface area contributed by atoms with Crippen molar-refractivity contribution in [3.8, 4) is 0 Å². The Morgan fingerprint density at radius 1 is 1.30 bits per heavy atom. The van der Waals surface area contributed by atoms with Crippen molar-refractivity contribution in [3.05, 3.63) is 35.4 Å². The summed E-state index contributed by atoms with van der Waals surface area (Å²) in [6, 6.07) is 6.06. The van der Waals surface area contributed by atoms with E-state index < -0.39 is 0 Å². The molecule has 108 valence electrons. The van der Waals surface area contributed by atoms with E-state index in [0.717, 1.165) is 5.69 Å². The minimum Gasteiger partial charge on any atom is -0.467 e. The highest BCUT2D eigenvalue weighted by molar-refractivity contribution is 5.87. The minimum absolute atomic E-state index is 0.210. The fourth-order valence-electron chi connectivity index (χ4n) is 3.15. The molecule has 3 nitrogen and oxygen atoms in total. The molecule has 0 saturated heterocycles. The maximum atomic E-state index is 12.0. The number of benzene rings is 1. The molecular formula is C17H23NO2. The van der Waals surface area contributed by atoms with Crippen molar-refractivity contribution in [3.63, 3.8) is 0 Å². The Hall–Kier alpha value is -1.77. The average Bonchev–Trinajstić information content (AvgIpc) is 2.35. The van der Waals surface area contributed by atoms with Gasteiger partial charge in [-0.15, -0.1) is 0 Å². The quantitative estimate of drug-likeness (QED) is 0.772. The van der Waals surface area contributed by atoms with Gasteiger partial charge in [-0.1, -0.05) is 18.2 Å². The summed E-state index contributed by atoms with van der Waals surface area (Å²) in [5.41, 5.74) is 4.51. The van der Waals surface area contributed by atoms with Crippen LogP contribution in [0, 0.1) is 6.92 Å². The number of carbonyl (C=O) groups is 1. The average molecular weight is 273 g/mol. The van der Waals surface area contributed by atoms with Crippen LogP contribution in [-0.4, -0.2) is 24.7 Å². The molecule has 0 fully saturated rings. The van der Waals surface area contributed by atoms with E-state index in [1.54, 1.807) is 0 Å². The number of methoxy groups -OCH3 is 1. The van der Waals surface area contributed by atoms with Gasteiger partial charge in [0, 0.05) is 11.3 Å². The van der Waals surface area contributed by atoms with Crippen LogP contribution in [0.3, 0.4) is 0 Å². The Balaban J connectivity index is 2.61. The van der Waals surface area contributed by atoms with Gasteiger partial charge < -0.3 is 9.64 Å². The SMILES string of the molecule is COC(=O)[C@@H](C)N1c2cc(C)ccc2C(C)=CC1(C)C. The number of nitrogens with zero attached hydrogens (tertiary/aromatic N) is 1. The van der Waals surface area contributed by atoms with Crippen molar-refractivity contribution in [2.24, 2.45) is 0 Å². The minimum atomic E-state index is -0.320. The van der Waals surface area contributed by atoms with Crippen molar-refractivity contribution < 1.29 is 9.53 Å². The number of hydrogen-bond acceptors (Lipinski definition) is 3. The van der Waals surface area contributed by atoms with Crippen molar-refractivity contribution in [2.45, 2.75) is 46.2 Å². The summed E-state index contributed by atoms with van der Waals surface area (Å²) >= 11 is 0. The van der Waals surface area contributed by atoms with Gasteiger partial charge in [-0.2, -0.15) is 0 Å². The number of fused-ring (bicyclic) bond motifs is 1. The van der Waals surface area contributed by atoms with Gasteiger partial charge in [0.1, 0.15) is 6.04 Å². The normalized spacial score (nSPS) is 18.1. The smallest absolute Gasteiger partial charge is 0.328 e. The predicted octanol–water partition coefficient (Wildman–Crippen LogP) is 3.56. The van der Waals surface area contributed by atoms with Crippen LogP contribution in [0.25, 0.3) is 5.57 Å². The van der Waals surface area contributed by atoms with Crippen molar-refractivity contribution in [2.75, 3.05) is 12.0 Å². The molecule has 1 aromatic carbocycles. The Morgan fingerprint density at radius 3 is 2.55 bits per heavy atom. The van der Waals surface area contributed by atoms with Crippen LogP contribution in [0.15, 0.2) is 24.3 Å². The van der Waals surface area contributed by atoms with E-state index in [0.29, 0.717) is 0 Å². The largest absolute Gasteiger partial charge is 0.467 e. The topological polar surface area (TPSA) is 29.5 Å². The Kier molecular flexibility index (Phi) is 3.63. The van der Waals surface area contributed by atoms with Crippen molar-refractivity contribution in [1.82, 2.24) is 0 Å². The lowest BCUT2D eigenvalue weighted by Gasteiger charge is -2.45. The van der Waals surface area contributed by atoms with E-state index in [1.165, 1.54) is 23.8 Å². The van der Waals surface area contributed by atoms with Gasteiger partial charge in [0.05, 0.1) is 12.6 Å². The zero-order valence-corrected chi connectivity index (χ0v) is 13.2. The molecule has 0 aliphatic carbocycles. The number of anilines is 1. The van der Waals surface area contributed by atoms with Gasteiger partial charge >= 0.3 is 5.97 Å². The van der Waals surface area contributed by atoms with Crippen LogP contribution in [-0.2, 0) is 9.53 Å². The monoisotopic (exact) mass is 273 g/mol. The number of carbonyl (C=O) groups excluding carboxylic acids is 1. The molecule has 1 aliphatic heterocycles. The molecule has 1 aliphatic rings. The van der Waals surface area contributed by atoms with E-state index in [1.807, 2.05) is 6.92 Å². The second-order valence-electron chi connectivity index (χ2n) is 6.07. The lowest BCUT2D eigenvalue weighted by atomic mass is 9.87. The second kappa shape index (κ2) is 4.97. The molecule has 2 rings (SSSR count). The molecule has 0 saturated carbocycles. The zero-order valence-electron chi connectivity index (χ0n) is 13.2. The number of allylic oxidation sites excluding steroid dienone is 1.